The molecule has 1 aromatic heterocycles. The van der Waals surface area contributed by atoms with Crippen molar-refractivity contribution in [2.75, 3.05) is 19.8 Å². The minimum atomic E-state index is -0.647. The third-order valence-corrected chi connectivity index (χ3v) is 6.62. The number of hydrogen-bond acceptors (Lipinski definition) is 5. The van der Waals surface area contributed by atoms with Crippen LogP contribution >= 0.6 is 0 Å². The number of carbonyl (C=O) groups is 2. The van der Waals surface area contributed by atoms with Crippen LogP contribution in [-0.4, -0.2) is 47.5 Å². The fraction of sp³-hybridized carbons (Fsp3) is 0.379. The molecule has 2 N–H and O–H groups in total. The molecular weight excluding hydrogens is 456 g/mol. The molecule has 0 aliphatic carbocycles. The lowest BCUT2D eigenvalue weighted by atomic mass is 9.80. The Morgan fingerprint density at radius 2 is 1.86 bits per heavy atom. The van der Waals surface area contributed by atoms with E-state index in [4.69, 9.17) is 9.47 Å². The van der Waals surface area contributed by atoms with Crippen molar-refractivity contribution in [2.24, 2.45) is 5.92 Å². The number of aromatic nitrogens is 1. The quantitative estimate of drug-likeness (QED) is 0.439. The van der Waals surface area contributed by atoms with Gasteiger partial charge in [0, 0.05) is 50.1 Å². The molecule has 2 heterocycles. The number of benzene rings is 2. The number of nitrogens with zero attached hydrogens (tertiary/aromatic N) is 1. The number of aliphatic hydroxyl groups excluding tert-OH is 1. The summed E-state index contributed by atoms with van der Waals surface area (Å²) >= 11 is 0. The number of carbonyl (C=O) groups excluding carboxylic acids is 2. The summed E-state index contributed by atoms with van der Waals surface area (Å²) in [5.41, 5.74) is 2.90. The maximum absolute atomic E-state index is 13.2. The highest BCUT2D eigenvalue weighted by Crippen LogP contribution is 2.42. The zero-order chi connectivity index (χ0) is 25.5. The Kier molecular flexibility index (Phi) is 8.57. The Morgan fingerprint density at radius 3 is 2.58 bits per heavy atom. The van der Waals surface area contributed by atoms with Crippen LogP contribution in [0.2, 0.25) is 0 Å². The van der Waals surface area contributed by atoms with Crippen molar-refractivity contribution in [3.05, 3.63) is 83.8 Å². The number of para-hydroxylation sites is 1. The molecule has 3 atom stereocenters. The van der Waals surface area contributed by atoms with Crippen LogP contribution in [0.25, 0.3) is 10.9 Å². The van der Waals surface area contributed by atoms with E-state index < -0.39 is 6.29 Å². The summed E-state index contributed by atoms with van der Waals surface area (Å²) < 4.78 is 13.7. The predicted molar refractivity (Wildman–Crippen MR) is 139 cm³/mol. The molecule has 0 saturated heterocycles. The van der Waals surface area contributed by atoms with Gasteiger partial charge in [0.2, 0.25) is 12.2 Å². The molecule has 36 heavy (non-hydrogen) atoms. The van der Waals surface area contributed by atoms with Crippen molar-refractivity contribution in [3.63, 3.8) is 0 Å². The highest BCUT2D eigenvalue weighted by Gasteiger charge is 2.39. The molecule has 4 rings (SSSR count). The average Bonchev–Trinajstić information content (AvgIpc) is 3.28. The van der Waals surface area contributed by atoms with E-state index in [-0.39, 0.29) is 36.0 Å². The first-order valence-electron chi connectivity index (χ1n) is 12.6. The molecule has 0 saturated carbocycles. The zero-order valence-corrected chi connectivity index (χ0v) is 20.9. The van der Waals surface area contributed by atoms with Gasteiger partial charge in [0.15, 0.2) is 5.76 Å². The maximum atomic E-state index is 13.2. The lowest BCUT2D eigenvalue weighted by Crippen LogP contribution is -2.39. The van der Waals surface area contributed by atoms with Gasteiger partial charge in [0.25, 0.3) is 5.91 Å². The molecule has 0 spiro atoms. The number of rotatable bonds is 10. The largest absolute Gasteiger partial charge is 0.459 e. The van der Waals surface area contributed by atoms with Crippen molar-refractivity contribution < 1.29 is 24.2 Å². The smallest absolute Gasteiger partial charge is 0.286 e. The Morgan fingerprint density at radius 1 is 1.11 bits per heavy atom. The molecule has 1 amide bonds. The van der Waals surface area contributed by atoms with Crippen molar-refractivity contribution in [3.8, 4) is 0 Å². The van der Waals surface area contributed by atoms with Crippen LogP contribution in [0.4, 0.5) is 0 Å². The molecule has 0 bridgehead atoms. The monoisotopic (exact) mass is 490 g/mol. The highest BCUT2D eigenvalue weighted by atomic mass is 16.7. The van der Waals surface area contributed by atoms with Gasteiger partial charge in [-0.05, 0) is 49.5 Å². The molecule has 7 heteroatoms. The summed E-state index contributed by atoms with van der Waals surface area (Å²) in [6.45, 7) is 4.37. The Hall–Kier alpha value is -3.42. The first-order valence-corrected chi connectivity index (χ1v) is 12.6. The number of nitrogens with one attached hydrogen (secondary N) is 1. The van der Waals surface area contributed by atoms with E-state index in [0.29, 0.717) is 32.4 Å². The van der Waals surface area contributed by atoms with Gasteiger partial charge in [-0.2, -0.15) is 0 Å². The Labute approximate surface area is 211 Å². The second kappa shape index (κ2) is 12.0. The van der Waals surface area contributed by atoms with Gasteiger partial charge < -0.3 is 19.9 Å². The van der Waals surface area contributed by atoms with Crippen LogP contribution in [-0.2, 0) is 20.7 Å². The van der Waals surface area contributed by atoms with Gasteiger partial charge in [-0.15, -0.1) is 0 Å². The summed E-state index contributed by atoms with van der Waals surface area (Å²) in [5.74, 6) is -0.532. The highest BCUT2D eigenvalue weighted by molar-refractivity contribution is 5.95. The molecule has 190 valence electrons. The van der Waals surface area contributed by atoms with E-state index in [1.54, 1.807) is 4.57 Å². The van der Waals surface area contributed by atoms with Gasteiger partial charge in [0.05, 0.1) is 5.52 Å². The molecule has 0 radical (unpaired) electrons. The number of amides is 1. The molecule has 1 aliphatic heterocycles. The van der Waals surface area contributed by atoms with Crippen molar-refractivity contribution in [1.29, 1.82) is 0 Å². The van der Waals surface area contributed by atoms with Gasteiger partial charge in [0.1, 0.15) is 0 Å². The van der Waals surface area contributed by atoms with Crippen molar-refractivity contribution >= 4 is 22.7 Å². The SMILES string of the molecule is CCO[C@@H]1OC(C(=O)NCCc2ccccc2)=C[C@H](c2cn(C(C)=O)c3ccccc23)[C@H]1CCCO. The molecular formula is C29H34N2O5. The standard InChI is InChI=1S/C29H34N2O5/c1-3-35-29-23(13-9-17-32)24(25-19-31(20(2)33)26-14-8-7-12-22(25)26)18-27(36-29)28(34)30-16-15-21-10-5-4-6-11-21/h4-8,10-12,14,18-19,23-24,29,32H,3,9,13,15-17H2,1-2H3,(H,30,34)/t23-,24+,29-/m1/s1. The van der Waals surface area contributed by atoms with E-state index in [9.17, 15) is 14.7 Å². The molecule has 1 aliphatic rings. The molecule has 0 fully saturated rings. The van der Waals surface area contributed by atoms with E-state index in [1.165, 1.54) is 6.92 Å². The molecule has 7 nitrogen and oxygen atoms in total. The Bertz CT molecular complexity index is 1220. The summed E-state index contributed by atoms with van der Waals surface area (Å²) in [7, 11) is 0. The van der Waals surface area contributed by atoms with Crippen LogP contribution in [0, 0.1) is 5.92 Å². The number of ether oxygens (including phenoxy) is 2. The van der Waals surface area contributed by atoms with Crippen LogP contribution in [0.5, 0.6) is 0 Å². The van der Waals surface area contributed by atoms with Crippen LogP contribution < -0.4 is 5.32 Å². The summed E-state index contributed by atoms with van der Waals surface area (Å²) in [6.07, 6.45) is 4.99. The third kappa shape index (κ3) is 5.69. The minimum absolute atomic E-state index is 0.0494. The molecule has 2 aromatic carbocycles. The lowest BCUT2D eigenvalue weighted by molar-refractivity contribution is -0.166. The fourth-order valence-electron chi connectivity index (χ4n) is 4.91. The van der Waals surface area contributed by atoms with Crippen LogP contribution in [0.15, 0.2) is 72.6 Å². The average molecular weight is 491 g/mol. The third-order valence-electron chi connectivity index (χ3n) is 6.62. The van der Waals surface area contributed by atoms with Crippen LogP contribution in [0.3, 0.4) is 0 Å². The van der Waals surface area contributed by atoms with E-state index in [2.05, 4.69) is 5.32 Å². The van der Waals surface area contributed by atoms with Gasteiger partial charge in [-0.3, -0.25) is 14.2 Å². The molecule has 0 unspecified atom stereocenters. The topological polar surface area (TPSA) is 89.8 Å². The second-order valence-electron chi connectivity index (χ2n) is 9.01. The summed E-state index contributed by atoms with van der Waals surface area (Å²) in [6, 6.07) is 17.7. The number of aliphatic hydroxyl groups is 1. The minimum Gasteiger partial charge on any atom is -0.459 e. The predicted octanol–water partition coefficient (Wildman–Crippen LogP) is 4.41. The Balaban J connectivity index is 1.68. The van der Waals surface area contributed by atoms with E-state index >= 15 is 0 Å². The first kappa shape index (κ1) is 25.7. The van der Waals surface area contributed by atoms with Gasteiger partial charge in [-0.1, -0.05) is 48.5 Å². The van der Waals surface area contributed by atoms with E-state index in [0.717, 1.165) is 22.0 Å². The zero-order valence-electron chi connectivity index (χ0n) is 20.9. The maximum Gasteiger partial charge on any atom is 0.286 e. The fourth-order valence-corrected chi connectivity index (χ4v) is 4.91. The van der Waals surface area contributed by atoms with Gasteiger partial charge in [-0.25, -0.2) is 0 Å². The van der Waals surface area contributed by atoms with Crippen molar-refractivity contribution in [2.45, 2.75) is 45.3 Å². The van der Waals surface area contributed by atoms with Gasteiger partial charge >= 0.3 is 0 Å². The first-order chi connectivity index (χ1) is 17.5. The van der Waals surface area contributed by atoms with E-state index in [1.807, 2.05) is 73.8 Å². The summed E-state index contributed by atoms with van der Waals surface area (Å²) in [4.78, 5) is 25.5. The number of allylic oxidation sites excluding steroid dienone is 1. The normalized spacial score (nSPS) is 19.5. The number of hydrogen-bond donors (Lipinski definition) is 2. The van der Waals surface area contributed by atoms with Crippen molar-refractivity contribution in [1.82, 2.24) is 9.88 Å². The number of fused-ring (bicyclic) bond motifs is 1. The lowest BCUT2D eigenvalue weighted by Gasteiger charge is -2.36. The summed E-state index contributed by atoms with van der Waals surface area (Å²) in [5, 5.41) is 13.5. The second-order valence-corrected chi connectivity index (χ2v) is 9.01. The molecule has 3 aromatic rings. The van der Waals surface area contributed by atoms with Crippen LogP contribution in [0.1, 0.15) is 48.5 Å².